The first-order chi connectivity index (χ1) is 12.3. The van der Waals surface area contributed by atoms with Gasteiger partial charge < -0.3 is 10.2 Å². The first kappa shape index (κ1) is 16.1. The lowest BCUT2D eigenvalue weighted by Gasteiger charge is -2.18. The lowest BCUT2D eigenvalue weighted by Crippen LogP contribution is -2.29. The van der Waals surface area contributed by atoms with Crippen molar-refractivity contribution in [2.24, 2.45) is 0 Å². The first-order valence-electron chi connectivity index (χ1n) is 8.43. The minimum atomic E-state index is 0.501. The third-order valence-electron chi connectivity index (χ3n) is 4.75. The van der Waals surface area contributed by atoms with Crippen LogP contribution in [0.25, 0.3) is 22.4 Å². The number of nitrogens with one attached hydrogen (secondary N) is 2. The fraction of sp³-hybridized carbons (Fsp3) is 0.263. The molecule has 1 aromatic carbocycles. The normalized spacial score (nSPS) is 17.2. The van der Waals surface area contributed by atoms with Gasteiger partial charge in [0.05, 0.1) is 11.3 Å². The van der Waals surface area contributed by atoms with Crippen molar-refractivity contribution in [3.8, 4) is 22.4 Å². The third kappa shape index (κ3) is 3.13. The summed E-state index contributed by atoms with van der Waals surface area (Å²) in [5.41, 5.74) is 4.29. The fourth-order valence-corrected chi connectivity index (χ4v) is 3.49. The molecule has 1 aliphatic heterocycles. The number of pyridine rings is 1. The number of nitrogens with zero attached hydrogens (tertiary/aromatic N) is 3. The highest BCUT2D eigenvalue weighted by Crippen LogP contribution is 2.38. The summed E-state index contributed by atoms with van der Waals surface area (Å²) in [4.78, 5) is 6.49. The molecule has 1 unspecified atom stereocenters. The average Bonchev–Trinajstić information content (AvgIpc) is 3.30. The molecule has 1 saturated heterocycles. The molecule has 25 heavy (non-hydrogen) atoms. The van der Waals surface area contributed by atoms with Crippen molar-refractivity contribution < 1.29 is 0 Å². The molecule has 2 aromatic heterocycles. The number of rotatable bonds is 4. The predicted octanol–water partition coefficient (Wildman–Crippen LogP) is 3.59. The van der Waals surface area contributed by atoms with E-state index in [2.05, 4.69) is 25.4 Å². The maximum absolute atomic E-state index is 6.05. The van der Waals surface area contributed by atoms with E-state index in [1.165, 1.54) is 0 Å². The van der Waals surface area contributed by atoms with E-state index in [9.17, 15) is 0 Å². The van der Waals surface area contributed by atoms with Gasteiger partial charge in [0, 0.05) is 42.1 Å². The molecule has 2 N–H and O–H groups in total. The Hall–Kier alpha value is -2.37. The summed E-state index contributed by atoms with van der Waals surface area (Å²) in [7, 11) is 2.02. The molecular weight excluding hydrogens is 334 g/mol. The Bertz CT molecular complexity index is 844. The van der Waals surface area contributed by atoms with Gasteiger partial charge in [0.1, 0.15) is 0 Å². The predicted molar refractivity (Wildman–Crippen MR) is 102 cm³/mol. The van der Waals surface area contributed by atoms with Crippen LogP contribution >= 0.6 is 11.6 Å². The highest BCUT2D eigenvalue weighted by Gasteiger charge is 2.27. The number of aromatic nitrogens is 3. The van der Waals surface area contributed by atoms with Gasteiger partial charge in [0.2, 0.25) is 0 Å². The van der Waals surface area contributed by atoms with Crippen LogP contribution < -0.4 is 10.2 Å². The average molecular weight is 354 g/mol. The lowest BCUT2D eigenvalue weighted by molar-refractivity contribution is 0.616. The van der Waals surface area contributed by atoms with Crippen LogP contribution in [0.4, 0.5) is 5.82 Å². The Morgan fingerprint density at radius 3 is 2.56 bits per heavy atom. The maximum atomic E-state index is 6.05. The van der Waals surface area contributed by atoms with Gasteiger partial charge >= 0.3 is 0 Å². The summed E-state index contributed by atoms with van der Waals surface area (Å²) in [6.07, 6.45) is 4.76. The first-order valence-corrected chi connectivity index (χ1v) is 8.81. The minimum absolute atomic E-state index is 0.501. The van der Waals surface area contributed by atoms with Crippen molar-refractivity contribution in [3.05, 3.63) is 53.8 Å². The summed E-state index contributed by atoms with van der Waals surface area (Å²) in [6.45, 7) is 1.95. The Balaban J connectivity index is 1.81. The van der Waals surface area contributed by atoms with Crippen molar-refractivity contribution in [1.29, 1.82) is 0 Å². The molecule has 5 nitrogen and oxygen atoms in total. The molecule has 0 spiro atoms. The van der Waals surface area contributed by atoms with E-state index in [0.29, 0.717) is 6.04 Å². The number of likely N-dealkylation sites (N-methyl/N-ethyl adjacent to an activating group) is 1. The van der Waals surface area contributed by atoms with Crippen LogP contribution in [0.3, 0.4) is 0 Å². The van der Waals surface area contributed by atoms with Gasteiger partial charge in [-0.05, 0) is 43.3 Å². The van der Waals surface area contributed by atoms with Gasteiger partial charge in [-0.25, -0.2) is 0 Å². The highest BCUT2D eigenvalue weighted by atomic mass is 35.5. The molecule has 4 rings (SSSR count). The monoisotopic (exact) mass is 353 g/mol. The van der Waals surface area contributed by atoms with Crippen LogP contribution in [0.15, 0.2) is 48.8 Å². The Kier molecular flexibility index (Phi) is 4.42. The minimum Gasteiger partial charge on any atom is -0.353 e. The molecule has 0 saturated carbocycles. The maximum Gasteiger partial charge on any atom is 0.159 e. The largest absolute Gasteiger partial charge is 0.353 e. The molecule has 1 aliphatic rings. The molecule has 3 aromatic rings. The number of hydrogen-bond acceptors (Lipinski definition) is 4. The molecular formula is C19H20ClN5. The number of benzene rings is 1. The zero-order valence-electron chi connectivity index (χ0n) is 14.0. The second-order valence-corrected chi connectivity index (χ2v) is 6.70. The van der Waals surface area contributed by atoms with Crippen molar-refractivity contribution >= 4 is 17.4 Å². The van der Waals surface area contributed by atoms with Crippen molar-refractivity contribution in [2.75, 3.05) is 25.0 Å². The third-order valence-corrected chi connectivity index (χ3v) is 5.00. The van der Waals surface area contributed by atoms with Crippen LogP contribution in [0, 0.1) is 0 Å². The second-order valence-electron chi connectivity index (χ2n) is 6.26. The van der Waals surface area contributed by atoms with Crippen LogP contribution in [0.1, 0.15) is 6.42 Å². The molecule has 0 radical (unpaired) electrons. The van der Waals surface area contributed by atoms with Crippen molar-refractivity contribution in [1.82, 2.24) is 20.5 Å². The number of H-pyrrole nitrogens is 1. The van der Waals surface area contributed by atoms with Crippen molar-refractivity contribution in [2.45, 2.75) is 12.5 Å². The van der Waals surface area contributed by atoms with E-state index < -0.39 is 0 Å². The Labute approximate surface area is 152 Å². The van der Waals surface area contributed by atoms with Gasteiger partial charge in [-0.15, -0.1) is 0 Å². The van der Waals surface area contributed by atoms with E-state index in [0.717, 1.165) is 52.7 Å². The number of halogens is 1. The van der Waals surface area contributed by atoms with Gasteiger partial charge in [0.25, 0.3) is 0 Å². The van der Waals surface area contributed by atoms with Crippen LogP contribution in [0.2, 0.25) is 5.02 Å². The summed E-state index contributed by atoms with van der Waals surface area (Å²) in [6, 6.07) is 12.4. The van der Waals surface area contributed by atoms with E-state index in [4.69, 9.17) is 11.6 Å². The number of hydrogen-bond donors (Lipinski definition) is 2. The summed E-state index contributed by atoms with van der Waals surface area (Å²) in [5.74, 6) is 0.994. The smallest absolute Gasteiger partial charge is 0.159 e. The number of anilines is 1. The molecule has 0 amide bonds. The zero-order valence-corrected chi connectivity index (χ0v) is 14.8. The fourth-order valence-electron chi connectivity index (χ4n) is 3.37. The van der Waals surface area contributed by atoms with Crippen molar-refractivity contribution in [3.63, 3.8) is 0 Å². The lowest BCUT2D eigenvalue weighted by atomic mass is 10.0. The molecule has 128 valence electrons. The summed E-state index contributed by atoms with van der Waals surface area (Å²) in [5, 5.41) is 12.0. The molecule has 3 heterocycles. The zero-order chi connectivity index (χ0) is 17.2. The van der Waals surface area contributed by atoms with Gasteiger partial charge in [-0.3, -0.25) is 10.1 Å². The Morgan fingerprint density at radius 2 is 1.88 bits per heavy atom. The van der Waals surface area contributed by atoms with Crippen LogP contribution in [-0.2, 0) is 0 Å². The second kappa shape index (κ2) is 6.86. The van der Waals surface area contributed by atoms with E-state index in [1.54, 1.807) is 0 Å². The Morgan fingerprint density at radius 1 is 1.12 bits per heavy atom. The molecule has 6 heteroatoms. The quantitative estimate of drug-likeness (QED) is 0.752. The standard InChI is InChI=1S/C19H20ClN5/c1-21-16-8-11-25(12-16)19-17(13-6-9-22-10-7-13)18(23-24-19)14-2-4-15(20)5-3-14/h2-7,9-10,16,21H,8,11-12H2,1H3,(H,23,24). The molecule has 1 fully saturated rings. The molecule has 0 bridgehead atoms. The van der Waals surface area contributed by atoms with Gasteiger partial charge in [0.15, 0.2) is 5.82 Å². The molecule has 0 aliphatic carbocycles. The van der Waals surface area contributed by atoms with Gasteiger partial charge in [-0.1, -0.05) is 23.7 Å². The van der Waals surface area contributed by atoms with E-state index >= 15 is 0 Å². The van der Waals surface area contributed by atoms with Crippen LogP contribution in [-0.4, -0.2) is 41.4 Å². The van der Waals surface area contributed by atoms with E-state index in [-0.39, 0.29) is 0 Å². The topological polar surface area (TPSA) is 56.8 Å². The number of aromatic amines is 1. The van der Waals surface area contributed by atoms with Crippen LogP contribution in [0.5, 0.6) is 0 Å². The van der Waals surface area contributed by atoms with Gasteiger partial charge in [-0.2, -0.15) is 5.10 Å². The summed E-state index contributed by atoms with van der Waals surface area (Å²) < 4.78 is 0. The SMILES string of the molecule is CNC1CCN(c2n[nH]c(-c3ccc(Cl)cc3)c2-c2ccncc2)C1. The summed E-state index contributed by atoms with van der Waals surface area (Å²) >= 11 is 6.05. The van der Waals surface area contributed by atoms with E-state index in [1.807, 2.05) is 55.8 Å². The molecule has 1 atom stereocenters. The highest BCUT2D eigenvalue weighted by molar-refractivity contribution is 6.30.